The summed E-state index contributed by atoms with van der Waals surface area (Å²) in [4.78, 5) is 16.7. The number of para-hydroxylation sites is 1. The predicted octanol–water partition coefficient (Wildman–Crippen LogP) is 2.74. The Morgan fingerprint density at radius 1 is 1.04 bits per heavy atom. The van der Waals surface area contributed by atoms with Gasteiger partial charge in [0.25, 0.3) is 5.91 Å². The highest BCUT2D eigenvalue weighted by Crippen LogP contribution is 2.26. The normalized spacial score (nSPS) is 14.6. The maximum absolute atomic E-state index is 12.7. The number of carbonyl (C=O) groups is 1. The highest BCUT2D eigenvalue weighted by molar-refractivity contribution is 7.90. The molecular weight excluding hydrogens is 398 g/mol. The minimum Gasteiger partial charge on any atom is -0.367 e. The second-order valence-electron chi connectivity index (χ2n) is 6.62. The van der Waals surface area contributed by atoms with Gasteiger partial charge in [-0.15, -0.1) is 0 Å². The van der Waals surface area contributed by atoms with Gasteiger partial charge in [-0.1, -0.05) is 35.9 Å². The molecule has 0 N–H and O–H groups in total. The molecule has 2 aromatic carbocycles. The molecular formula is C20H20ClN3O3S. The van der Waals surface area contributed by atoms with Gasteiger partial charge in [-0.25, -0.2) is 8.42 Å². The van der Waals surface area contributed by atoms with E-state index in [2.05, 4.69) is 4.90 Å². The summed E-state index contributed by atoms with van der Waals surface area (Å²) >= 11 is 6.25. The summed E-state index contributed by atoms with van der Waals surface area (Å²) in [6, 6.07) is 15.8. The van der Waals surface area contributed by atoms with Crippen molar-refractivity contribution in [2.24, 2.45) is 0 Å². The SMILES string of the molecule is N#CCS(=O)(=O)Cc1ccc(C(=O)N2CCN(c3ccccc3Cl)CC2)cc1. The highest BCUT2D eigenvalue weighted by atomic mass is 35.5. The molecule has 0 bridgehead atoms. The zero-order valence-corrected chi connectivity index (χ0v) is 16.8. The highest BCUT2D eigenvalue weighted by Gasteiger charge is 2.23. The molecule has 0 radical (unpaired) electrons. The Morgan fingerprint density at radius 3 is 2.29 bits per heavy atom. The zero-order valence-electron chi connectivity index (χ0n) is 15.2. The molecule has 0 unspecified atom stereocenters. The van der Waals surface area contributed by atoms with E-state index in [9.17, 15) is 13.2 Å². The van der Waals surface area contributed by atoms with E-state index in [1.807, 2.05) is 24.3 Å². The Morgan fingerprint density at radius 2 is 1.68 bits per heavy atom. The number of halogens is 1. The summed E-state index contributed by atoms with van der Waals surface area (Å²) < 4.78 is 23.5. The van der Waals surface area contributed by atoms with Crippen molar-refractivity contribution < 1.29 is 13.2 Å². The van der Waals surface area contributed by atoms with Gasteiger partial charge < -0.3 is 9.80 Å². The zero-order chi connectivity index (χ0) is 20.1. The molecule has 1 saturated heterocycles. The monoisotopic (exact) mass is 417 g/mol. The molecule has 28 heavy (non-hydrogen) atoms. The Labute approximate surface area is 169 Å². The van der Waals surface area contributed by atoms with Gasteiger partial charge in [0, 0.05) is 31.7 Å². The van der Waals surface area contributed by atoms with Crippen LogP contribution in [0.25, 0.3) is 0 Å². The lowest BCUT2D eigenvalue weighted by atomic mass is 10.1. The summed E-state index contributed by atoms with van der Waals surface area (Å²) in [6.45, 7) is 2.56. The van der Waals surface area contributed by atoms with Crippen molar-refractivity contribution in [2.75, 3.05) is 36.8 Å². The minimum atomic E-state index is -3.45. The number of nitrogens with zero attached hydrogens (tertiary/aromatic N) is 3. The molecule has 146 valence electrons. The van der Waals surface area contributed by atoms with E-state index in [1.165, 1.54) is 0 Å². The number of piperazine rings is 1. The lowest BCUT2D eigenvalue weighted by Crippen LogP contribution is -2.48. The Balaban J connectivity index is 1.61. The number of nitriles is 1. The quantitative estimate of drug-likeness (QED) is 0.747. The van der Waals surface area contributed by atoms with Crippen LogP contribution in [0.1, 0.15) is 15.9 Å². The average molecular weight is 418 g/mol. The average Bonchev–Trinajstić information content (AvgIpc) is 2.68. The topological polar surface area (TPSA) is 81.5 Å². The van der Waals surface area contributed by atoms with Gasteiger partial charge in [-0.05, 0) is 29.8 Å². The first-order chi connectivity index (χ1) is 13.4. The lowest BCUT2D eigenvalue weighted by molar-refractivity contribution is 0.0747. The summed E-state index contributed by atoms with van der Waals surface area (Å²) in [5.74, 6) is -0.792. The van der Waals surface area contributed by atoms with Gasteiger partial charge in [0.2, 0.25) is 0 Å². The molecule has 6 nitrogen and oxygen atoms in total. The van der Waals surface area contributed by atoms with Crippen LogP contribution in [-0.2, 0) is 15.6 Å². The van der Waals surface area contributed by atoms with Gasteiger partial charge >= 0.3 is 0 Å². The van der Waals surface area contributed by atoms with E-state index in [4.69, 9.17) is 16.9 Å². The first kappa shape index (κ1) is 20.2. The number of benzene rings is 2. The molecule has 2 aromatic rings. The number of rotatable bonds is 5. The van der Waals surface area contributed by atoms with E-state index in [-0.39, 0.29) is 11.7 Å². The Hall–Kier alpha value is -2.56. The number of sulfone groups is 1. The van der Waals surface area contributed by atoms with Gasteiger partial charge in [-0.2, -0.15) is 5.26 Å². The second-order valence-corrected chi connectivity index (χ2v) is 9.09. The summed E-state index contributed by atoms with van der Waals surface area (Å²) in [6.07, 6.45) is 0. The van der Waals surface area contributed by atoms with Crippen molar-refractivity contribution in [3.63, 3.8) is 0 Å². The van der Waals surface area contributed by atoms with E-state index >= 15 is 0 Å². The van der Waals surface area contributed by atoms with Crippen molar-refractivity contribution in [3.8, 4) is 6.07 Å². The van der Waals surface area contributed by atoms with E-state index in [0.717, 1.165) is 5.69 Å². The number of hydrogen-bond donors (Lipinski definition) is 0. The predicted molar refractivity (Wildman–Crippen MR) is 109 cm³/mol. The van der Waals surface area contributed by atoms with Crippen molar-refractivity contribution in [1.82, 2.24) is 4.90 Å². The first-order valence-corrected chi connectivity index (χ1v) is 11.0. The lowest BCUT2D eigenvalue weighted by Gasteiger charge is -2.36. The van der Waals surface area contributed by atoms with E-state index in [1.54, 1.807) is 35.2 Å². The maximum atomic E-state index is 12.7. The fourth-order valence-electron chi connectivity index (χ4n) is 3.19. The van der Waals surface area contributed by atoms with Crippen LogP contribution in [0.4, 0.5) is 5.69 Å². The van der Waals surface area contributed by atoms with Crippen molar-refractivity contribution in [1.29, 1.82) is 5.26 Å². The number of anilines is 1. The molecule has 0 spiro atoms. The van der Waals surface area contributed by atoms with E-state index in [0.29, 0.717) is 42.3 Å². The van der Waals surface area contributed by atoms with Gasteiger partial charge in [-0.3, -0.25) is 4.79 Å². The molecule has 1 aliphatic rings. The van der Waals surface area contributed by atoms with Crippen LogP contribution in [0.3, 0.4) is 0 Å². The fraction of sp³-hybridized carbons (Fsp3) is 0.300. The molecule has 8 heteroatoms. The molecule has 1 heterocycles. The van der Waals surface area contributed by atoms with Gasteiger partial charge in [0.15, 0.2) is 9.84 Å². The third-order valence-corrected chi connectivity index (χ3v) is 6.29. The molecule has 1 fully saturated rings. The molecule has 0 aliphatic carbocycles. The van der Waals surface area contributed by atoms with Gasteiger partial charge in [0.1, 0.15) is 5.75 Å². The van der Waals surface area contributed by atoms with Crippen LogP contribution in [-0.4, -0.2) is 51.2 Å². The third-order valence-electron chi connectivity index (χ3n) is 4.63. The summed E-state index contributed by atoms with van der Waals surface area (Å²) in [5.41, 5.74) is 2.06. The second kappa shape index (κ2) is 8.63. The van der Waals surface area contributed by atoms with Crippen molar-refractivity contribution in [2.45, 2.75) is 5.75 Å². The number of amides is 1. The minimum absolute atomic E-state index is 0.0785. The molecule has 0 aromatic heterocycles. The Bertz CT molecular complexity index is 992. The Kier molecular flexibility index (Phi) is 6.22. The van der Waals surface area contributed by atoms with Crippen LogP contribution in [0, 0.1) is 11.3 Å². The van der Waals surface area contributed by atoms with E-state index < -0.39 is 15.6 Å². The first-order valence-electron chi connectivity index (χ1n) is 8.85. The molecule has 1 aliphatic heterocycles. The van der Waals surface area contributed by atoms with Crippen LogP contribution in [0.15, 0.2) is 48.5 Å². The largest absolute Gasteiger partial charge is 0.367 e. The standard InChI is InChI=1S/C20H20ClN3O3S/c21-18-3-1-2-4-19(18)23-10-12-24(13-11-23)20(25)17-7-5-16(6-8-17)15-28(26,27)14-9-22/h1-8H,10-15H2. The molecule has 0 saturated carbocycles. The van der Waals surface area contributed by atoms with Crippen LogP contribution in [0.2, 0.25) is 5.02 Å². The maximum Gasteiger partial charge on any atom is 0.253 e. The molecule has 3 rings (SSSR count). The molecule has 1 amide bonds. The molecule has 0 atom stereocenters. The smallest absolute Gasteiger partial charge is 0.253 e. The van der Waals surface area contributed by atoms with Gasteiger partial charge in [0.05, 0.1) is 22.5 Å². The van der Waals surface area contributed by atoms with Crippen LogP contribution < -0.4 is 4.90 Å². The third kappa shape index (κ3) is 4.83. The fourth-order valence-corrected chi connectivity index (χ4v) is 4.44. The summed E-state index contributed by atoms with van der Waals surface area (Å²) in [7, 11) is -3.45. The summed E-state index contributed by atoms with van der Waals surface area (Å²) in [5, 5.41) is 9.26. The number of hydrogen-bond acceptors (Lipinski definition) is 5. The van der Waals surface area contributed by atoms with Crippen LogP contribution in [0.5, 0.6) is 0 Å². The number of carbonyl (C=O) groups excluding carboxylic acids is 1. The van der Waals surface area contributed by atoms with Crippen molar-refractivity contribution >= 4 is 33.0 Å². The van der Waals surface area contributed by atoms with Crippen LogP contribution >= 0.6 is 11.6 Å². The van der Waals surface area contributed by atoms with Crippen molar-refractivity contribution in [3.05, 3.63) is 64.7 Å².